The van der Waals surface area contributed by atoms with Gasteiger partial charge in [0.15, 0.2) is 0 Å². The average molecular weight is 746 g/mol. The van der Waals surface area contributed by atoms with Gasteiger partial charge in [-0.3, -0.25) is 4.79 Å². The number of benzene rings is 3. The topological polar surface area (TPSA) is 161 Å². The van der Waals surface area contributed by atoms with Crippen LogP contribution in [0.15, 0.2) is 88.9 Å². The van der Waals surface area contributed by atoms with Gasteiger partial charge in [-0.15, -0.1) is 0 Å². The van der Waals surface area contributed by atoms with Crippen LogP contribution in [-0.4, -0.2) is 105 Å². The minimum Gasteiger partial charge on any atom is -0.411 e. The molecule has 4 atom stereocenters. The fraction of sp³-hybridized carbons (Fsp3) is 0.436. The number of aliphatic hydroxyl groups excluding tert-OH is 1. The first-order valence-electron chi connectivity index (χ1n) is 18.1. The molecule has 2 heterocycles. The molecule has 1 aromatic heterocycles. The van der Waals surface area contributed by atoms with Crippen molar-refractivity contribution in [1.29, 1.82) is 0 Å². The third kappa shape index (κ3) is 9.24. The zero-order valence-electron chi connectivity index (χ0n) is 31.0. The number of urea groups is 1. The summed E-state index contributed by atoms with van der Waals surface area (Å²) in [5.74, 6) is 0.0633. The highest BCUT2D eigenvalue weighted by molar-refractivity contribution is 7.89. The molecule has 4 aromatic rings. The largest absolute Gasteiger partial charge is 0.411 e. The molecule has 1 aliphatic heterocycles. The fourth-order valence-electron chi connectivity index (χ4n) is 6.82. The van der Waals surface area contributed by atoms with Crippen LogP contribution < -0.4 is 5.32 Å². The highest BCUT2D eigenvalue weighted by Gasteiger charge is 2.41. The van der Waals surface area contributed by atoms with Crippen molar-refractivity contribution >= 4 is 39.2 Å². The van der Waals surface area contributed by atoms with Crippen molar-refractivity contribution in [1.82, 2.24) is 29.0 Å². The van der Waals surface area contributed by atoms with Crippen molar-refractivity contribution in [3.8, 4) is 0 Å². The normalized spacial score (nSPS) is 16.2. The van der Waals surface area contributed by atoms with Crippen LogP contribution in [-0.2, 0) is 34.8 Å². The summed E-state index contributed by atoms with van der Waals surface area (Å²) in [7, 11) is -2.14. The van der Waals surface area contributed by atoms with E-state index in [4.69, 9.17) is 10.2 Å². The van der Waals surface area contributed by atoms with E-state index in [1.165, 1.54) is 34.8 Å². The lowest BCUT2D eigenvalue weighted by molar-refractivity contribution is -0.128. The second-order valence-corrected chi connectivity index (χ2v) is 16.1. The van der Waals surface area contributed by atoms with Gasteiger partial charge in [-0.2, -0.15) is 4.31 Å². The van der Waals surface area contributed by atoms with E-state index >= 15 is 0 Å². The molecule has 1 saturated heterocycles. The van der Waals surface area contributed by atoms with Gasteiger partial charge in [-0.05, 0) is 53.6 Å². The Kier molecular flexibility index (Phi) is 12.9. The van der Waals surface area contributed by atoms with Gasteiger partial charge in [-0.1, -0.05) is 93.9 Å². The molecule has 3 N–H and O–H groups in total. The molecule has 5 rings (SSSR count). The molecular weight excluding hydrogens is 695 g/mol. The highest BCUT2D eigenvalue weighted by Crippen LogP contribution is 2.25. The van der Waals surface area contributed by atoms with Crippen molar-refractivity contribution in [2.75, 3.05) is 26.2 Å². The minimum absolute atomic E-state index is 0.0247. The van der Waals surface area contributed by atoms with Crippen molar-refractivity contribution < 1.29 is 28.3 Å². The number of aryl methyl sites for hydroxylation is 1. The van der Waals surface area contributed by atoms with E-state index in [-0.39, 0.29) is 42.3 Å². The van der Waals surface area contributed by atoms with Gasteiger partial charge in [0, 0.05) is 33.2 Å². The number of aromatic nitrogens is 2. The van der Waals surface area contributed by atoms with Crippen molar-refractivity contribution in [2.45, 2.75) is 70.2 Å². The fourth-order valence-corrected chi connectivity index (χ4v) is 8.44. The Morgan fingerprint density at radius 3 is 2.32 bits per heavy atom. The van der Waals surface area contributed by atoms with Crippen LogP contribution in [0, 0.1) is 11.8 Å². The molecule has 0 bridgehead atoms. The molecule has 53 heavy (non-hydrogen) atoms. The number of amides is 3. The smallest absolute Gasteiger partial charge is 0.321 e. The first-order valence-corrected chi connectivity index (χ1v) is 19.5. The van der Waals surface area contributed by atoms with Crippen LogP contribution >= 0.6 is 0 Å². The second kappa shape index (κ2) is 17.4. The van der Waals surface area contributed by atoms with Crippen LogP contribution in [0.25, 0.3) is 11.0 Å². The Hall–Kier alpha value is -4.79. The molecular formula is C39H51N7O6S. The number of nitrogens with one attached hydrogen (secondary N) is 1. The predicted octanol–water partition coefficient (Wildman–Crippen LogP) is 4.47. The number of para-hydroxylation sites is 2. The zero-order valence-corrected chi connectivity index (χ0v) is 31.9. The predicted molar refractivity (Wildman–Crippen MR) is 204 cm³/mol. The number of aliphatic hydroxyl groups is 1. The molecule has 0 radical (unpaired) electrons. The Balaban J connectivity index is 1.38. The molecule has 13 nitrogen and oxygen atoms in total. The molecule has 284 valence electrons. The van der Waals surface area contributed by atoms with Gasteiger partial charge in [-0.25, -0.2) is 18.2 Å². The summed E-state index contributed by atoms with van der Waals surface area (Å²) in [4.78, 5) is 36.4. The van der Waals surface area contributed by atoms with Gasteiger partial charge < -0.3 is 30.0 Å². The van der Waals surface area contributed by atoms with Crippen molar-refractivity contribution in [3.05, 3.63) is 95.8 Å². The number of hydrogen-bond acceptors (Lipinski definition) is 8. The number of carbonyl (C=O) groups excluding carboxylic acids is 2. The molecule has 2 unspecified atom stereocenters. The molecule has 3 amide bonds. The summed E-state index contributed by atoms with van der Waals surface area (Å²) < 4.78 is 31.1. The number of carbonyl (C=O) groups is 2. The molecule has 0 saturated carbocycles. The summed E-state index contributed by atoms with van der Waals surface area (Å²) in [6.07, 6.45) is 0.764. The number of oxime groups is 1. The third-order valence-electron chi connectivity index (χ3n) is 9.90. The molecule has 1 fully saturated rings. The first kappa shape index (κ1) is 39.4. The average Bonchev–Trinajstić information content (AvgIpc) is 3.66. The number of hydrogen-bond donors (Lipinski definition) is 3. The Bertz CT molecular complexity index is 1980. The molecule has 1 aliphatic rings. The van der Waals surface area contributed by atoms with Gasteiger partial charge in [0.25, 0.3) is 0 Å². The van der Waals surface area contributed by atoms with E-state index in [2.05, 4.69) is 10.5 Å². The Morgan fingerprint density at radius 1 is 1.00 bits per heavy atom. The highest BCUT2D eigenvalue weighted by atomic mass is 32.2. The van der Waals surface area contributed by atoms with Gasteiger partial charge >= 0.3 is 6.03 Å². The summed E-state index contributed by atoms with van der Waals surface area (Å²) in [5, 5.41) is 26.8. The van der Waals surface area contributed by atoms with E-state index < -0.39 is 34.1 Å². The maximum Gasteiger partial charge on any atom is 0.321 e. The van der Waals surface area contributed by atoms with Crippen LogP contribution in [0.3, 0.4) is 0 Å². The SMILES string of the molecule is CCC(C)C(C(=O)N[C@@H](Cc1ccccc1)[C@H](O)CN(CC(C)C)S(=O)(=O)c1ccc(/C=N/O)cc1)N1CCN(Cc2nc3ccccc3n2C)C1=O. The first-order chi connectivity index (χ1) is 25.3. The summed E-state index contributed by atoms with van der Waals surface area (Å²) in [5.41, 5.74) is 3.19. The minimum atomic E-state index is -4.07. The maximum atomic E-state index is 14.4. The molecule has 3 aromatic carbocycles. The van der Waals surface area contributed by atoms with Gasteiger partial charge in [0.2, 0.25) is 15.9 Å². The van der Waals surface area contributed by atoms with Crippen LogP contribution in [0.4, 0.5) is 4.79 Å². The zero-order chi connectivity index (χ0) is 38.3. The quantitative estimate of drug-likeness (QED) is 0.0817. The summed E-state index contributed by atoms with van der Waals surface area (Å²) in [6, 6.07) is 21.1. The standard InChI is InChI=1S/C39H51N7O6S/c1-6-28(4)37(46-21-20-44(39(46)49)26-36-41-32-14-10-11-15-34(32)43(36)5)38(48)42-33(22-29-12-8-7-9-13-29)35(47)25-45(24-27(2)3)53(51,52)31-18-16-30(17-19-31)23-40-50/h7-19,23,27-28,33,35,37,47,50H,6,20-22,24-26H2,1-5H3,(H,42,48)/b40-23+/t28?,33-,35+,37?/m0/s1. The Morgan fingerprint density at radius 2 is 1.68 bits per heavy atom. The van der Waals surface area contributed by atoms with E-state index in [0.29, 0.717) is 31.6 Å². The van der Waals surface area contributed by atoms with Crippen LogP contribution in [0.1, 0.15) is 51.1 Å². The van der Waals surface area contributed by atoms with Crippen molar-refractivity contribution in [3.63, 3.8) is 0 Å². The van der Waals surface area contributed by atoms with E-state index in [9.17, 15) is 23.1 Å². The molecule has 14 heteroatoms. The molecule has 0 aliphatic carbocycles. The van der Waals surface area contributed by atoms with E-state index in [0.717, 1.165) is 22.4 Å². The number of fused-ring (bicyclic) bond motifs is 1. The lowest BCUT2D eigenvalue weighted by Gasteiger charge is -2.35. The van der Waals surface area contributed by atoms with Gasteiger partial charge in [0.1, 0.15) is 11.9 Å². The number of imidazole rings is 1. The van der Waals surface area contributed by atoms with Crippen molar-refractivity contribution in [2.24, 2.45) is 24.0 Å². The van der Waals surface area contributed by atoms with E-state index in [1.807, 2.05) is 93.9 Å². The lowest BCUT2D eigenvalue weighted by atomic mass is 9.95. The van der Waals surface area contributed by atoms with E-state index in [1.54, 1.807) is 9.80 Å². The summed E-state index contributed by atoms with van der Waals surface area (Å²) in [6.45, 7) is 8.60. The summed E-state index contributed by atoms with van der Waals surface area (Å²) >= 11 is 0. The second-order valence-electron chi connectivity index (χ2n) is 14.2. The third-order valence-corrected chi connectivity index (χ3v) is 11.7. The molecule has 0 spiro atoms. The van der Waals surface area contributed by atoms with Crippen LogP contribution in [0.5, 0.6) is 0 Å². The monoisotopic (exact) mass is 745 g/mol. The van der Waals surface area contributed by atoms with Gasteiger partial charge in [0.05, 0.1) is 40.8 Å². The van der Waals surface area contributed by atoms with Crippen LogP contribution in [0.2, 0.25) is 0 Å². The maximum absolute atomic E-state index is 14.4. The lowest BCUT2D eigenvalue weighted by Crippen LogP contribution is -2.57. The number of nitrogens with zero attached hydrogens (tertiary/aromatic N) is 6. The number of rotatable bonds is 17. The number of sulfonamides is 1. The Labute approximate surface area is 312 Å².